The molecule has 0 bridgehead atoms. The minimum Gasteiger partial charge on any atom is -0.383 e. The first-order chi connectivity index (χ1) is 8.61. The topological polar surface area (TPSA) is 77.6 Å². The van der Waals surface area contributed by atoms with Gasteiger partial charge in [0.2, 0.25) is 0 Å². The van der Waals surface area contributed by atoms with E-state index < -0.39 is 0 Å². The summed E-state index contributed by atoms with van der Waals surface area (Å²) in [6, 6.07) is 0. The standard InChI is InChI=1S/C11H15N5S2/c1-4-7-15-11(18-16-7)17-10-8(6(2)3)9(12)13-5-14-10/h5-6H,4H2,1-3H3,(H2,12,13,14). The van der Waals surface area contributed by atoms with Gasteiger partial charge in [-0.2, -0.15) is 4.37 Å². The van der Waals surface area contributed by atoms with Crippen molar-refractivity contribution >= 4 is 29.1 Å². The van der Waals surface area contributed by atoms with E-state index in [2.05, 4.69) is 33.2 Å². The van der Waals surface area contributed by atoms with Gasteiger partial charge < -0.3 is 5.73 Å². The molecule has 2 rings (SSSR count). The maximum Gasteiger partial charge on any atom is 0.176 e. The molecule has 0 aliphatic heterocycles. The number of hydrogen-bond acceptors (Lipinski definition) is 7. The summed E-state index contributed by atoms with van der Waals surface area (Å²) in [4.78, 5) is 12.8. The smallest absolute Gasteiger partial charge is 0.176 e. The fraction of sp³-hybridized carbons (Fsp3) is 0.455. The van der Waals surface area contributed by atoms with Crippen molar-refractivity contribution in [2.24, 2.45) is 0 Å². The highest BCUT2D eigenvalue weighted by Gasteiger charge is 2.15. The average Bonchev–Trinajstić information content (AvgIpc) is 2.76. The number of hydrogen-bond donors (Lipinski definition) is 1. The van der Waals surface area contributed by atoms with Crippen LogP contribution in [-0.4, -0.2) is 19.3 Å². The van der Waals surface area contributed by atoms with E-state index in [-0.39, 0.29) is 5.92 Å². The summed E-state index contributed by atoms with van der Waals surface area (Å²) in [5, 5.41) is 0.872. The van der Waals surface area contributed by atoms with Gasteiger partial charge in [0.1, 0.15) is 23.0 Å². The van der Waals surface area contributed by atoms with E-state index in [0.29, 0.717) is 5.82 Å². The molecule has 2 aromatic heterocycles. The Bertz CT molecular complexity index is 538. The second-order valence-corrected chi connectivity index (χ2v) is 6.05. The predicted molar refractivity (Wildman–Crippen MR) is 73.9 cm³/mol. The molecule has 0 radical (unpaired) electrons. The molecule has 2 aromatic rings. The summed E-state index contributed by atoms with van der Waals surface area (Å²) in [5.41, 5.74) is 6.89. The molecule has 2 N–H and O–H groups in total. The molecular formula is C11H15N5S2. The monoisotopic (exact) mass is 281 g/mol. The van der Waals surface area contributed by atoms with Gasteiger partial charge >= 0.3 is 0 Å². The Labute approximate surface area is 114 Å². The van der Waals surface area contributed by atoms with Gasteiger partial charge in [0.05, 0.1) is 0 Å². The van der Waals surface area contributed by atoms with E-state index in [4.69, 9.17) is 5.73 Å². The van der Waals surface area contributed by atoms with E-state index in [1.54, 1.807) is 0 Å². The number of rotatable bonds is 4. The van der Waals surface area contributed by atoms with Gasteiger partial charge in [0.15, 0.2) is 4.34 Å². The molecule has 0 aromatic carbocycles. The van der Waals surface area contributed by atoms with Crippen LogP contribution in [0.2, 0.25) is 0 Å². The van der Waals surface area contributed by atoms with Crippen LogP contribution in [0, 0.1) is 0 Å². The third kappa shape index (κ3) is 2.78. The number of nitrogens with zero attached hydrogens (tertiary/aromatic N) is 4. The number of aromatic nitrogens is 4. The van der Waals surface area contributed by atoms with Crippen LogP contribution in [0.1, 0.15) is 38.1 Å². The van der Waals surface area contributed by atoms with Gasteiger partial charge in [0, 0.05) is 12.0 Å². The van der Waals surface area contributed by atoms with Crippen LogP contribution in [0.5, 0.6) is 0 Å². The summed E-state index contributed by atoms with van der Waals surface area (Å²) in [6.07, 6.45) is 2.34. The van der Waals surface area contributed by atoms with Gasteiger partial charge in [-0.15, -0.1) is 0 Å². The second kappa shape index (κ2) is 5.62. The molecule has 0 unspecified atom stereocenters. The molecule has 0 amide bonds. The fourth-order valence-corrected chi connectivity index (χ4v) is 3.39. The van der Waals surface area contributed by atoms with Crippen molar-refractivity contribution in [2.75, 3.05) is 5.73 Å². The zero-order valence-electron chi connectivity index (χ0n) is 10.5. The third-order valence-electron chi connectivity index (χ3n) is 2.41. The molecule has 0 fully saturated rings. The molecule has 0 atom stereocenters. The van der Waals surface area contributed by atoms with E-state index in [1.165, 1.54) is 29.6 Å². The molecule has 2 heterocycles. The van der Waals surface area contributed by atoms with Gasteiger partial charge in [-0.1, -0.05) is 20.8 Å². The Kier molecular flexibility index (Phi) is 4.13. The molecule has 5 nitrogen and oxygen atoms in total. The lowest BCUT2D eigenvalue weighted by molar-refractivity contribution is 0.808. The van der Waals surface area contributed by atoms with Crippen LogP contribution < -0.4 is 5.73 Å². The van der Waals surface area contributed by atoms with Crippen molar-refractivity contribution in [3.63, 3.8) is 0 Å². The van der Waals surface area contributed by atoms with Crippen LogP contribution in [-0.2, 0) is 6.42 Å². The molecule has 0 saturated carbocycles. The van der Waals surface area contributed by atoms with E-state index in [9.17, 15) is 0 Å². The average molecular weight is 281 g/mol. The lowest BCUT2D eigenvalue weighted by Crippen LogP contribution is -2.03. The van der Waals surface area contributed by atoms with Crippen molar-refractivity contribution in [1.82, 2.24) is 19.3 Å². The van der Waals surface area contributed by atoms with Crippen molar-refractivity contribution in [2.45, 2.75) is 42.5 Å². The fourth-order valence-electron chi connectivity index (χ4n) is 1.52. The Morgan fingerprint density at radius 3 is 2.78 bits per heavy atom. The lowest BCUT2D eigenvalue weighted by Gasteiger charge is -2.11. The molecule has 7 heteroatoms. The highest BCUT2D eigenvalue weighted by molar-refractivity contribution is 8.00. The Morgan fingerprint density at radius 1 is 1.39 bits per heavy atom. The summed E-state index contributed by atoms with van der Waals surface area (Å²) in [6.45, 7) is 6.20. The third-order valence-corrected chi connectivity index (χ3v) is 4.21. The van der Waals surface area contributed by atoms with Crippen LogP contribution >= 0.6 is 23.3 Å². The minimum absolute atomic E-state index is 0.285. The van der Waals surface area contributed by atoms with Gasteiger partial charge in [0.25, 0.3) is 0 Å². The molecule has 0 aliphatic carbocycles. The van der Waals surface area contributed by atoms with Crippen molar-refractivity contribution < 1.29 is 0 Å². The van der Waals surface area contributed by atoms with E-state index in [1.807, 2.05) is 6.92 Å². The summed E-state index contributed by atoms with van der Waals surface area (Å²) < 4.78 is 5.16. The largest absolute Gasteiger partial charge is 0.383 e. The van der Waals surface area contributed by atoms with Gasteiger partial charge in [-0.3, -0.25) is 0 Å². The Hall–Kier alpha value is -1.21. The van der Waals surface area contributed by atoms with Crippen molar-refractivity contribution in [3.8, 4) is 0 Å². The second-order valence-electron chi connectivity index (χ2n) is 4.06. The molecular weight excluding hydrogens is 266 g/mol. The van der Waals surface area contributed by atoms with Gasteiger partial charge in [-0.05, 0) is 29.2 Å². The minimum atomic E-state index is 0.285. The lowest BCUT2D eigenvalue weighted by atomic mass is 10.1. The van der Waals surface area contributed by atoms with Crippen LogP contribution in [0.4, 0.5) is 5.82 Å². The SMILES string of the molecule is CCc1nsc(Sc2ncnc(N)c2C(C)C)n1. The van der Waals surface area contributed by atoms with E-state index in [0.717, 1.165) is 27.2 Å². The first-order valence-corrected chi connectivity index (χ1v) is 7.31. The Balaban J connectivity index is 2.31. The molecule has 96 valence electrons. The molecule has 0 aliphatic rings. The number of aryl methyl sites for hydroxylation is 1. The Morgan fingerprint density at radius 2 is 2.17 bits per heavy atom. The van der Waals surface area contributed by atoms with Crippen LogP contribution in [0.25, 0.3) is 0 Å². The van der Waals surface area contributed by atoms with Crippen LogP contribution in [0.3, 0.4) is 0 Å². The first kappa shape index (κ1) is 13.2. The van der Waals surface area contributed by atoms with Crippen molar-refractivity contribution in [3.05, 3.63) is 17.7 Å². The predicted octanol–water partition coefficient (Wildman–Crippen LogP) is 2.75. The number of anilines is 1. The number of nitrogens with two attached hydrogens (primary N) is 1. The molecule has 18 heavy (non-hydrogen) atoms. The maximum absolute atomic E-state index is 5.91. The molecule has 0 spiro atoms. The maximum atomic E-state index is 5.91. The highest BCUT2D eigenvalue weighted by atomic mass is 32.2. The highest BCUT2D eigenvalue weighted by Crippen LogP contribution is 2.35. The zero-order chi connectivity index (χ0) is 13.1. The van der Waals surface area contributed by atoms with Crippen LogP contribution in [0.15, 0.2) is 15.7 Å². The molecule has 0 saturated heterocycles. The zero-order valence-corrected chi connectivity index (χ0v) is 12.2. The van der Waals surface area contributed by atoms with Gasteiger partial charge in [-0.25, -0.2) is 15.0 Å². The quantitative estimate of drug-likeness (QED) is 0.868. The summed E-state index contributed by atoms with van der Waals surface area (Å²) in [5.74, 6) is 1.70. The normalized spacial score (nSPS) is 11.1. The first-order valence-electron chi connectivity index (χ1n) is 5.72. The van der Waals surface area contributed by atoms with E-state index >= 15 is 0 Å². The summed E-state index contributed by atoms with van der Waals surface area (Å²) >= 11 is 2.90. The number of nitrogen functional groups attached to an aromatic ring is 1. The summed E-state index contributed by atoms with van der Waals surface area (Å²) in [7, 11) is 0. The van der Waals surface area contributed by atoms with Crippen molar-refractivity contribution in [1.29, 1.82) is 0 Å².